The Hall–Kier alpha value is -1.26. The molecule has 0 unspecified atom stereocenters. The van der Waals surface area contributed by atoms with Gasteiger partial charge in [-0.1, -0.05) is 0 Å². The molecule has 0 aliphatic rings. The van der Waals surface area contributed by atoms with E-state index in [0.717, 1.165) is 5.56 Å². The van der Waals surface area contributed by atoms with Crippen LogP contribution in [0.25, 0.3) is 0 Å². The Balaban J connectivity index is 2.72. The number of rotatable bonds is 12. The highest BCUT2D eigenvalue weighted by molar-refractivity contribution is 5.43. The average Bonchev–Trinajstić information content (AvgIpc) is 2.53. The zero-order chi connectivity index (χ0) is 16.2. The fraction of sp³-hybridized carbons (Fsp3) is 0.571. The zero-order valence-corrected chi connectivity index (χ0v) is 12.2. The lowest BCUT2D eigenvalue weighted by Gasteiger charge is -2.13. The van der Waals surface area contributed by atoms with Gasteiger partial charge in [0.1, 0.15) is 32.9 Å². The first-order chi connectivity index (χ1) is 10.7. The topological polar surface area (TPSA) is 118 Å². The molecule has 0 fully saturated rings. The molecule has 0 aliphatic heterocycles. The lowest BCUT2D eigenvalue weighted by atomic mass is 10.0. The van der Waals surface area contributed by atoms with Crippen LogP contribution in [0.15, 0.2) is 12.1 Å². The summed E-state index contributed by atoms with van der Waals surface area (Å²) < 4.78 is 19.6. The van der Waals surface area contributed by atoms with Crippen LogP contribution in [0, 0.1) is 0 Å². The van der Waals surface area contributed by atoms with E-state index in [4.69, 9.17) is 29.5 Å². The number of phenols is 1. The molecule has 8 heteroatoms. The number of phenolic OH excluding ortho intramolecular Hbond substituents is 1. The number of hydrogen-bond acceptors (Lipinski definition) is 8. The summed E-state index contributed by atoms with van der Waals surface area (Å²) in [5.74, 6) is 0.00943. The van der Waals surface area contributed by atoms with Crippen LogP contribution in [-0.2, 0) is 38.6 Å². The molecule has 4 N–H and O–H groups in total. The van der Waals surface area contributed by atoms with Gasteiger partial charge < -0.3 is 39.4 Å². The maximum absolute atomic E-state index is 10.1. The Morgan fingerprint density at radius 1 is 0.773 bits per heavy atom. The molecule has 1 aromatic rings. The van der Waals surface area contributed by atoms with Gasteiger partial charge in [-0.15, -0.1) is 0 Å². The quantitative estimate of drug-likeness (QED) is 0.309. The highest BCUT2D eigenvalue weighted by Gasteiger charge is 2.11. The third kappa shape index (κ3) is 6.67. The number of aliphatic hydroxyl groups excluding tert-OH is 3. The van der Waals surface area contributed by atoms with E-state index >= 15 is 0 Å². The molecule has 8 nitrogen and oxygen atoms in total. The van der Waals surface area contributed by atoms with Crippen LogP contribution < -0.4 is 0 Å². The molecule has 0 aliphatic carbocycles. The van der Waals surface area contributed by atoms with E-state index in [1.54, 1.807) is 12.1 Å². The summed E-state index contributed by atoms with van der Waals surface area (Å²) >= 11 is 0. The summed E-state index contributed by atoms with van der Waals surface area (Å²) in [6, 6.07) is 3.48. The minimum Gasteiger partial charge on any atom is -0.507 e. The van der Waals surface area contributed by atoms with Gasteiger partial charge in [-0.2, -0.15) is 0 Å². The predicted molar refractivity (Wildman–Crippen MR) is 74.6 cm³/mol. The van der Waals surface area contributed by atoms with Crippen molar-refractivity contribution in [3.8, 4) is 5.75 Å². The van der Waals surface area contributed by atoms with Gasteiger partial charge in [0.25, 0.3) is 0 Å². The van der Waals surface area contributed by atoms with Gasteiger partial charge in [0.2, 0.25) is 0 Å². The van der Waals surface area contributed by atoms with Crippen molar-refractivity contribution in [3.63, 3.8) is 0 Å². The number of benzene rings is 1. The molecule has 0 saturated carbocycles. The molecule has 0 bridgehead atoms. The van der Waals surface area contributed by atoms with Crippen LogP contribution in [0.4, 0.5) is 0 Å². The lowest BCUT2D eigenvalue weighted by Crippen LogP contribution is -2.06. The zero-order valence-electron chi connectivity index (χ0n) is 12.2. The molecule has 0 atom stereocenters. The third-order valence-electron chi connectivity index (χ3n) is 2.82. The summed E-state index contributed by atoms with van der Waals surface area (Å²) in [5, 5.41) is 36.0. The van der Waals surface area contributed by atoms with Crippen molar-refractivity contribution in [1.29, 1.82) is 0 Å². The van der Waals surface area contributed by atoms with E-state index in [2.05, 4.69) is 4.74 Å². The van der Waals surface area contributed by atoms with E-state index in [9.17, 15) is 5.11 Å². The average molecular weight is 318 g/mol. The fourth-order valence-corrected chi connectivity index (χ4v) is 1.85. The second-order valence-electron chi connectivity index (χ2n) is 4.33. The van der Waals surface area contributed by atoms with Crippen molar-refractivity contribution < 1.29 is 39.4 Å². The summed E-state index contributed by atoms with van der Waals surface area (Å²) in [4.78, 5) is 0. The molecule has 0 saturated heterocycles. The van der Waals surface area contributed by atoms with Gasteiger partial charge in [0.05, 0.1) is 19.8 Å². The normalized spacial score (nSPS) is 11.0. The van der Waals surface area contributed by atoms with Crippen LogP contribution in [-0.4, -0.2) is 54.2 Å². The molecule has 0 radical (unpaired) electrons. The summed E-state index contributed by atoms with van der Waals surface area (Å²) in [7, 11) is 0. The van der Waals surface area contributed by atoms with E-state index < -0.39 is 20.4 Å². The second kappa shape index (κ2) is 11.3. The first kappa shape index (κ1) is 18.8. The van der Waals surface area contributed by atoms with Crippen molar-refractivity contribution in [2.24, 2.45) is 0 Å². The van der Waals surface area contributed by atoms with Crippen LogP contribution in [0.5, 0.6) is 5.75 Å². The van der Waals surface area contributed by atoms with E-state index in [-0.39, 0.29) is 25.8 Å². The highest BCUT2D eigenvalue weighted by atomic mass is 16.7. The molecule has 0 amide bonds. The molecule has 22 heavy (non-hydrogen) atoms. The molecule has 126 valence electrons. The lowest BCUT2D eigenvalue weighted by molar-refractivity contribution is -0.107. The van der Waals surface area contributed by atoms with Crippen LogP contribution in [0.1, 0.15) is 16.7 Å². The predicted octanol–water partition coefficient (Wildman–Crippen LogP) is -0.192. The first-order valence-corrected chi connectivity index (χ1v) is 6.70. The Bertz CT molecular complexity index is 394. The summed E-state index contributed by atoms with van der Waals surface area (Å²) in [6.07, 6.45) is 0.549. The fourth-order valence-electron chi connectivity index (χ4n) is 1.85. The van der Waals surface area contributed by atoms with Crippen LogP contribution >= 0.6 is 0 Å². The Labute approximate surface area is 128 Å². The van der Waals surface area contributed by atoms with E-state index in [0.29, 0.717) is 24.2 Å². The minimum absolute atomic E-state index is 0.00442. The smallest absolute Gasteiger partial charge is 0.149 e. The van der Waals surface area contributed by atoms with Crippen molar-refractivity contribution in [3.05, 3.63) is 28.8 Å². The summed E-state index contributed by atoms with van der Waals surface area (Å²) in [5.41, 5.74) is 1.89. The molecule has 1 rings (SSSR count). The Kier molecular flexibility index (Phi) is 9.67. The highest BCUT2D eigenvalue weighted by Crippen LogP contribution is 2.26. The van der Waals surface area contributed by atoms with Gasteiger partial charge in [0, 0.05) is 11.1 Å². The molecule has 0 heterocycles. The molecule has 0 aromatic heterocycles. The van der Waals surface area contributed by atoms with E-state index in [1.807, 2.05) is 0 Å². The van der Waals surface area contributed by atoms with Gasteiger partial charge in [-0.25, -0.2) is 0 Å². The second-order valence-corrected chi connectivity index (χ2v) is 4.33. The van der Waals surface area contributed by atoms with Crippen molar-refractivity contribution in [1.82, 2.24) is 0 Å². The maximum atomic E-state index is 10.1. The number of aromatic hydroxyl groups is 1. The molecular formula is C14H22O8. The van der Waals surface area contributed by atoms with Gasteiger partial charge >= 0.3 is 0 Å². The standard InChI is InChI=1S/C14H22O8/c15-7-20-5-12-3-11(1-2-19-10-22-9-17)4-13(14(12)18)6-21-8-16/h3-4,15-18H,1-2,5-10H2. The number of hydrogen-bond donors (Lipinski definition) is 4. The molecule has 0 spiro atoms. The van der Waals surface area contributed by atoms with Gasteiger partial charge in [-0.3, -0.25) is 0 Å². The van der Waals surface area contributed by atoms with Crippen molar-refractivity contribution >= 4 is 0 Å². The van der Waals surface area contributed by atoms with E-state index in [1.165, 1.54) is 0 Å². The SMILES string of the molecule is OCOCOCCc1cc(COCO)c(O)c(COCO)c1. The summed E-state index contributed by atoms with van der Waals surface area (Å²) in [6.45, 7) is -0.833. The molecular weight excluding hydrogens is 296 g/mol. The number of aliphatic hydroxyl groups is 3. The maximum Gasteiger partial charge on any atom is 0.149 e. The monoisotopic (exact) mass is 318 g/mol. The Morgan fingerprint density at radius 2 is 1.32 bits per heavy atom. The third-order valence-corrected chi connectivity index (χ3v) is 2.82. The van der Waals surface area contributed by atoms with Crippen molar-refractivity contribution in [2.75, 3.05) is 33.8 Å². The molecule has 1 aromatic carbocycles. The van der Waals surface area contributed by atoms with Crippen LogP contribution in [0.2, 0.25) is 0 Å². The van der Waals surface area contributed by atoms with Gasteiger partial charge in [-0.05, 0) is 24.1 Å². The minimum atomic E-state index is -0.451. The first-order valence-electron chi connectivity index (χ1n) is 6.70. The van der Waals surface area contributed by atoms with Crippen molar-refractivity contribution in [2.45, 2.75) is 19.6 Å². The Morgan fingerprint density at radius 3 is 1.82 bits per heavy atom. The number of ether oxygens (including phenoxy) is 4. The van der Waals surface area contributed by atoms with Gasteiger partial charge in [0.15, 0.2) is 0 Å². The largest absolute Gasteiger partial charge is 0.507 e. The van der Waals surface area contributed by atoms with Crippen LogP contribution in [0.3, 0.4) is 0 Å².